The Kier molecular flexibility index (Phi) is 15.1. The molecule has 21 nitrogen and oxygen atoms in total. The van der Waals surface area contributed by atoms with Crippen LogP contribution in [0.2, 0.25) is 0 Å². The second-order valence-electron chi connectivity index (χ2n) is 25.0. The number of rotatable bonds is 10. The third-order valence-corrected chi connectivity index (χ3v) is 20.3. The van der Waals surface area contributed by atoms with E-state index in [1.165, 1.54) is 5.57 Å². The van der Waals surface area contributed by atoms with Crippen LogP contribution in [0.5, 0.6) is 0 Å². The van der Waals surface area contributed by atoms with E-state index in [2.05, 4.69) is 54.5 Å². The van der Waals surface area contributed by atoms with E-state index in [9.17, 15) is 66.1 Å². The lowest BCUT2D eigenvalue weighted by Crippen LogP contribution is -2.68. The van der Waals surface area contributed by atoms with Gasteiger partial charge in [0, 0.05) is 0 Å². The zero-order chi connectivity index (χ0) is 52.4. The molecule has 4 heterocycles. The second kappa shape index (κ2) is 19.7. The molecule has 412 valence electrons. The highest BCUT2D eigenvalue weighted by Gasteiger charge is 2.71. The zero-order valence-corrected chi connectivity index (χ0v) is 42.5. The summed E-state index contributed by atoms with van der Waals surface area (Å²) in [7, 11) is 0. The van der Waals surface area contributed by atoms with E-state index in [-0.39, 0.29) is 40.6 Å². The summed E-state index contributed by atoms with van der Waals surface area (Å²) >= 11 is 0. The predicted octanol–water partition coefficient (Wildman–Crippen LogP) is -0.581. The number of aliphatic hydroxyl groups is 11. The molecule has 0 radical (unpaired) electrons. The number of hydrogen-bond donors (Lipinski definition) is 12. The quantitative estimate of drug-likeness (QED) is 0.0962. The van der Waals surface area contributed by atoms with Gasteiger partial charge in [-0.25, -0.2) is 0 Å². The van der Waals surface area contributed by atoms with Crippen LogP contribution in [0.3, 0.4) is 0 Å². The van der Waals surface area contributed by atoms with E-state index in [0.717, 1.165) is 32.1 Å². The van der Waals surface area contributed by atoms with Crippen LogP contribution in [-0.2, 0) is 42.7 Å². The van der Waals surface area contributed by atoms with Crippen molar-refractivity contribution >= 4 is 5.97 Å². The van der Waals surface area contributed by atoms with Crippen molar-refractivity contribution in [2.45, 2.75) is 223 Å². The van der Waals surface area contributed by atoms with Gasteiger partial charge in [-0.15, -0.1) is 0 Å². The van der Waals surface area contributed by atoms with Gasteiger partial charge in [-0.2, -0.15) is 0 Å². The monoisotopic (exact) mass is 1030 g/mol. The minimum absolute atomic E-state index is 0.0569. The lowest BCUT2D eigenvalue weighted by molar-refractivity contribution is -0.385. The summed E-state index contributed by atoms with van der Waals surface area (Å²) in [5.41, 5.74) is -1.37. The minimum atomic E-state index is -1.89. The molecule has 12 N–H and O–H groups in total. The van der Waals surface area contributed by atoms with E-state index < -0.39 is 159 Å². The van der Waals surface area contributed by atoms with Gasteiger partial charge in [0.1, 0.15) is 84.8 Å². The molecule has 0 aromatic carbocycles. The maximum atomic E-state index is 13.2. The predicted molar refractivity (Wildman–Crippen MR) is 247 cm³/mol. The van der Waals surface area contributed by atoms with Crippen LogP contribution >= 0.6 is 0 Å². The molecule has 0 aromatic rings. The summed E-state index contributed by atoms with van der Waals surface area (Å²) < 4.78 is 47.9. The van der Waals surface area contributed by atoms with Crippen LogP contribution in [-0.4, -0.2) is 210 Å². The Labute approximate surface area is 420 Å². The van der Waals surface area contributed by atoms with Crippen molar-refractivity contribution in [2.24, 2.45) is 50.2 Å². The number of aliphatic hydroxyl groups excluding tert-OH is 11. The fraction of sp³-hybridized carbons (Fsp3) is 0.941. The minimum Gasteiger partial charge on any atom is -0.481 e. The standard InChI is InChI=1S/C51H82O21/c1-46(2)14-15-51(45(63)64)23(16-46)22-8-9-29-48(5)12-11-31(47(3,4)28(48)10-13-49(29,6)50(22,7)17-30(51)56)69-43-39(32(57)24(53)19-66-43)72-44-40(33(58)25(54)20-67-44)71-41-37(62)38(26(55)21-65-41)70-42-36(61)35(60)34(59)27(18-52)68-42/h8,23-44,52-62H,9-21H2,1-7H3,(H,63,64)/t23-,24-,25-,26-,27+,28-,29+,30+,31+,32+,33-,34+,35-,36-,37+,38-,39-,40-,41+,42+,43+,44-,48+,49-,50-,51-/m1/s1. The van der Waals surface area contributed by atoms with Gasteiger partial charge in [0.25, 0.3) is 0 Å². The first kappa shape index (κ1) is 55.2. The molecule has 0 unspecified atom stereocenters. The normalized spacial score (nSPS) is 54.3. The van der Waals surface area contributed by atoms with Crippen molar-refractivity contribution in [3.05, 3.63) is 11.6 Å². The Morgan fingerprint density at radius 2 is 1.19 bits per heavy atom. The average molecular weight is 1030 g/mol. The number of ether oxygens (including phenoxy) is 8. The third kappa shape index (κ3) is 8.77. The first-order valence-electron chi connectivity index (χ1n) is 26.1. The molecule has 5 aliphatic carbocycles. The fourth-order valence-corrected chi connectivity index (χ4v) is 15.9. The summed E-state index contributed by atoms with van der Waals surface area (Å²) in [6, 6.07) is 0. The molecule has 21 heteroatoms. The Hall–Kier alpha value is -1.55. The van der Waals surface area contributed by atoms with E-state index in [4.69, 9.17) is 37.9 Å². The Balaban J connectivity index is 0.915. The summed E-state index contributed by atoms with van der Waals surface area (Å²) in [4.78, 5) is 13.2. The Morgan fingerprint density at radius 1 is 0.611 bits per heavy atom. The largest absolute Gasteiger partial charge is 0.481 e. The van der Waals surface area contributed by atoms with Gasteiger partial charge in [0.2, 0.25) is 0 Å². The number of carbonyl (C=O) groups is 1. The average Bonchev–Trinajstić information content (AvgIpc) is 3.31. The summed E-state index contributed by atoms with van der Waals surface area (Å²) in [5, 5.41) is 130. The number of carboxylic acid groups (broad SMARTS) is 1. The van der Waals surface area contributed by atoms with Crippen LogP contribution in [0.15, 0.2) is 11.6 Å². The second-order valence-corrected chi connectivity index (χ2v) is 25.0. The number of hydrogen-bond acceptors (Lipinski definition) is 20. The van der Waals surface area contributed by atoms with Crippen molar-refractivity contribution in [3.63, 3.8) is 0 Å². The van der Waals surface area contributed by atoms with Crippen LogP contribution in [0, 0.1) is 50.2 Å². The molecule has 0 spiro atoms. The van der Waals surface area contributed by atoms with Crippen molar-refractivity contribution in [1.29, 1.82) is 0 Å². The maximum Gasteiger partial charge on any atom is 0.312 e. The fourth-order valence-electron chi connectivity index (χ4n) is 15.9. The summed E-state index contributed by atoms with van der Waals surface area (Å²) in [6.45, 7) is 13.8. The molecular formula is C51H82O21. The van der Waals surface area contributed by atoms with Crippen LogP contribution in [0.4, 0.5) is 0 Å². The van der Waals surface area contributed by atoms with Crippen molar-refractivity contribution in [1.82, 2.24) is 0 Å². The highest BCUT2D eigenvalue weighted by atomic mass is 16.8. The highest BCUT2D eigenvalue weighted by molar-refractivity contribution is 5.77. The van der Waals surface area contributed by atoms with Crippen LogP contribution < -0.4 is 0 Å². The topological polar surface area (TPSA) is 334 Å². The van der Waals surface area contributed by atoms with Crippen molar-refractivity contribution < 1.29 is 104 Å². The lowest BCUT2D eigenvalue weighted by atomic mass is 9.33. The van der Waals surface area contributed by atoms with E-state index in [1.54, 1.807) is 0 Å². The highest BCUT2D eigenvalue weighted by Crippen LogP contribution is 2.76. The van der Waals surface area contributed by atoms with Gasteiger partial charge >= 0.3 is 5.97 Å². The lowest BCUT2D eigenvalue weighted by Gasteiger charge is -2.71. The summed E-state index contributed by atoms with van der Waals surface area (Å²) in [5.74, 6) is -0.803. The Bertz CT molecular complexity index is 1990. The Morgan fingerprint density at radius 3 is 1.82 bits per heavy atom. The molecule has 26 atom stereocenters. The first-order chi connectivity index (χ1) is 33.7. The van der Waals surface area contributed by atoms with Gasteiger partial charge in [0.05, 0.1) is 38.6 Å². The van der Waals surface area contributed by atoms with Crippen LogP contribution in [0.1, 0.15) is 106 Å². The van der Waals surface area contributed by atoms with Crippen molar-refractivity contribution in [3.8, 4) is 0 Å². The number of allylic oxidation sites excluding steroid dienone is 2. The molecule has 0 aromatic heterocycles. The van der Waals surface area contributed by atoms with Crippen LogP contribution in [0.25, 0.3) is 0 Å². The number of carboxylic acids is 1. The van der Waals surface area contributed by atoms with E-state index in [1.807, 2.05) is 0 Å². The number of fused-ring (bicyclic) bond motifs is 7. The van der Waals surface area contributed by atoms with Crippen molar-refractivity contribution in [2.75, 3.05) is 26.4 Å². The van der Waals surface area contributed by atoms with Gasteiger partial charge < -0.3 is 99.2 Å². The maximum absolute atomic E-state index is 13.2. The van der Waals surface area contributed by atoms with E-state index in [0.29, 0.717) is 25.7 Å². The molecule has 9 rings (SSSR count). The molecule has 4 aliphatic heterocycles. The molecule has 9 aliphatic rings. The molecule has 8 fully saturated rings. The molecule has 0 bridgehead atoms. The summed E-state index contributed by atoms with van der Waals surface area (Å²) in [6.07, 6.45) is -20.5. The third-order valence-electron chi connectivity index (χ3n) is 20.3. The van der Waals surface area contributed by atoms with Gasteiger partial charge in [-0.1, -0.05) is 60.1 Å². The van der Waals surface area contributed by atoms with Gasteiger partial charge in [-0.05, 0) is 103 Å². The smallest absolute Gasteiger partial charge is 0.312 e. The molecular weight excluding hydrogens is 949 g/mol. The SMILES string of the molecule is CC1(C)CC[C@@]2(C(=O)O)[C@H](C1)C1=CC[C@H]3[C@@]4(C)CC[C@H](O[C@@H]5OC[C@@H](O)[C@H](O)[C@H]5O[C@H]5OC[C@@H](O)[C@@H](O)[C@H]5O[C@@H]5OC[C@@H](O)[C@@H](O[C@@H]6O[C@@H](CO)[C@H](O)[C@@H](O)[C@H]6O)[C@@H]5O)C(C)(C)[C@H]4CC[C@@]3(C)[C@]1(C)C[C@@H]2O. The molecule has 72 heavy (non-hydrogen) atoms. The first-order valence-corrected chi connectivity index (χ1v) is 26.1. The molecule has 4 saturated heterocycles. The number of aliphatic carboxylic acids is 1. The van der Waals surface area contributed by atoms with Gasteiger partial charge in [0.15, 0.2) is 25.2 Å². The molecule has 0 amide bonds. The van der Waals surface area contributed by atoms with Gasteiger partial charge in [-0.3, -0.25) is 4.79 Å². The van der Waals surface area contributed by atoms with E-state index >= 15 is 0 Å². The molecule has 4 saturated carbocycles. The zero-order valence-electron chi connectivity index (χ0n) is 42.5.